The van der Waals surface area contributed by atoms with Gasteiger partial charge in [-0.15, -0.1) is 5.10 Å². The summed E-state index contributed by atoms with van der Waals surface area (Å²) in [5.74, 6) is 0.988. The fraction of sp³-hybridized carbons (Fsp3) is 0.118. The highest BCUT2D eigenvalue weighted by molar-refractivity contribution is 6.31. The van der Waals surface area contributed by atoms with Crippen molar-refractivity contribution in [3.05, 3.63) is 63.8 Å². The number of hydrogen-bond donors (Lipinski definition) is 2. The summed E-state index contributed by atoms with van der Waals surface area (Å²) in [5, 5.41) is 15.7. The number of aromatic nitrogens is 3. The Labute approximate surface area is 150 Å². The van der Waals surface area contributed by atoms with Gasteiger partial charge in [-0.3, -0.25) is 0 Å². The smallest absolute Gasteiger partial charge is 0.249 e. The quantitative estimate of drug-likeness (QED) is 0.663. The Balaban J connectivity index is 1.81. The molecule has 1 heterocycles. The zero-order valence-corrected chi connectivity index (χ0v) is 14.7. The van der Waals surface area contributed by atoms with Crippen molar-refractivity contribution in [2.24, 2.45) is 0 Å². The Morgan fingerprint density at radius 1 is 0.833 bits per heavy atom. The first-order valence-electron chi connectivity index (χ1n) is 7.27. The molecule has 122 valence electrons. The van der Waals surface area contributed by atoms with E-state index in [9.17, 15) is 0 Å². The summed E-state index contributed by atoms with van der Waals surface area (Å²) in [6.45, 7) is 3.93. The van der Waals surface area contributed by atoms with E-state index in [2.05, 4.69) is 25.8 Å². The number of aryl methyl sites for hydroxylation is 2. The standard InChI is InChI=1S/C17H15Cl2N5/c1-10-7-12(18)3-5-14(10)21-16-9-20-24-17(23-16)22-15-6-4-13(19)8-11(15)2/h3-9H,1-2H3,(H2,21,22,23,24). The molecular weight excluding hydrogens is 345 g/mol. The molecular formula is C17H15Cl2N5. The van der Waals surface area contributed by atoms with Gasteiger partial charge < -0.3 is 10.6 Å². The molecule has 0 aliphatic rings. The van der Waals surface area contributed by atoms with E-state index in [0.717, 1.165) is 22.5 Å². The van der Waals surface area contributed by atoms with Gasteiger partial charge in [0.15, 0.2) is 5.82 Å². The molecule has 3 aromatic rings. The van der Waals surface area contributed by atoms with Crippen molar-refractivity contribution in [2.45, 2.75) is 13.8 Å². The fourth-order valence-corrected chi connectivity index (χ4v) is 2.66. The zero-order valence-electron chi connectivity index (χ0n) is 13.1. The van der Waals surface area contributed by atoms with Crippen LogP contribution < -0.4 is 10.6 Å². The molecule has 0 amide bonds. The Morgan fingerprint density at radius 3 is 2.00 bits per heavy atom. The number of nitrogens with zero attached hydrogens (tertiary/aromatic N) is 3. The second-order valence-electron chi connectivity index (χ2n) is 5.33. The van der Waals surface area contributed by atoms with Crippen LogP contribution >= 0.6 is 23.2 Å². The summed E-state index contributed by atoms with van der Waals surface area (Å²) < 4.78 is 0. The maximum atomic E-state index is 5.98. The van der Waals surface area contributed by atoms with Crippen molar-refractivity contribution in [3.8, 4) is 0 Å². The molecule has 1 aromatic heterocycles. The van der Waals surface area contributed by atoms with E-state index in [0.29, 0.717) is 21.8 Å². The van der Waals surface area contributed by atoms with E-state index in [1.807, 2.05) is 50.2 Å². The lowest BCUT2D eigenvalue weighted by molar-refractivity contribution is 0.981. The Kier molecular flexibility index (Phi) is 4.83. The number of hydrogen-bond acceptors (Lipinski definition) is 5. The highest BCUT2D eigenvalue weighted by atomic mass is 35.5. The molecule has 2 N–H and O–H groups in total. The van der Waals surface area contributed by atoms with Crippen LogP contribution in [-0.2, 0) is 0 Å². The molecule has 0 radical (unpaired) electrons. The normalized spacial score (nSPS) is 10.5. The van der Waals surface area contributed by atoms with Gasteiger partial charge >= 0.3 is 0 Å². The highest BCUT2D eigenvalue weighted by Gasteiger charge is 2.06. The lowest BCUT2D eigenvalue weighted by Gasteiger charge is -2.11. The van der Waals surface area contributed by atoms with Gasteiger partial charge in [0.05, 0.1) is 6.20 Å². The summed E-state index contributed by atoms with van der Waals surface area (Å²) in [5.41, 5.74) is 3.80. The molecule has 24 heavy (non-hydrogen) atoms. The molecule has 5 nitrogen and oxygen atoms in total. The second kappa shape index (κ2) is 7.03. The molecule has 0 atom stereocenters. The monoisotopic (exact) mass is 359 g/mol. The van der Waals surface area contributed by atoms with Crippen molar-refractivity contribution in [3.63, 3.8) is 0 Å². The fourth-order valence-electron chi connectivity index (χ4n) is 2.21. The van der Waals surface area contributed by atoms with E-state index in [1.165, 1.54) is 0 Å². The zero-order chi connectivity index (χ0) is 17.1. The van der Waals surface area contributed by atoms with Crippen molar-refractivity contribution >= 4 is 46.3 Å². The van der Waals surface area contributed by atoms with Gasteiger partial charge in [-0.2, -0.15) is 10.1 Å². The minimum absolute atomic E-state index is 0.400. The first-order valence-corrected chi connectivity index (χ1v) is 8.03. The molecule has 7 heteroatoms. The highest BCUT2D eigenvalue weighted by Crippen LogP contribution is 2.24. The molecule has 0 fully saturated rings. The lowest BCUT2D eigenvalue weighted by atomic mass is 10.2. The Morgan fingerprint density at radius 2 is 1.42 bits per heavy atom. The third-order valence-corrected chi connectivity index (χ3v) is 3.92. The van der Waals surface area contributed by atoms with Crippen molar-refractivity contribution in [1.82, 2.24) is 15.2 Å². The van der Waals surface area contributed by atoms with Gasteiger partial charge in [0.1, 0.15) is 0 Å². The molecule has 0 bridgehead atoms. The number of halogens is 2. The van der Waals surface area contributed by atoms with Crippen molar-refractivity contribution < 1.29 is 0 Å². The van der Waals surface area contributed by atoms with Crippen LogP contribution in [0.3, 0.4) is 0 Å². The lowest BCUT2D eigenvalue weighted by Crippen LogP contribution is -2.03. The van der Waals surface area contributed by atoms with Crippen LogP contribution in [0.25, 0.3) is 0 Å². The number of nitrogens with one attached hydrogen (secondary N) is 2. The second-order valence-corrected chi connectivity index (χ2v) is 6.21. The first-order chi connectivity index (χ1) is 11.5. The number of anilines is 4. The van der Waals surface area contributed by atoms with Crippen LogP contribution in [0, 0.1) is 13.8 Å². The Hall–Kier alpha value is -2.37. The van der Waals surface area contributed by atoms with Gasteiger partial charge in [0.2, 0.25) is 5.95 Å². The van der Waals surface area contributed by atoms with Crippen LogP contribution in [0.2, 0.25) is 10.0 Å². The van der Waals surface area contributed by atoms with E-state index in [4.69, 9.17) is 23.2 Å². The first kappa shape index (κ1) is 16.5. The largest absolute Gasteiger partial charge is 0.339 e. The SMILES string of the molecule is Cc1cc(Cl)ccc1Nc1cnnc(Nc2ccc(Cl)cc2C)n1. The van der Waals surface area contributed by atoms with Gasteiger partial charge in [0.25, 0.3) is 0 Å². The van der Waals surface area contributed by atoms with Crippen LogP contribution in [-0.4, -0.2) is 15.2 Å². The molecule has 0 spiro atoms. The summed E-state index contributed by atoms with van der Waals surface area (Å²) in [6.07, 6.45) is 1.56. The number of rotatable bonds is 4. The number of benzene rings is 2. The summed E-state index contributed by atoms with van der Waals surface area (Å²) in [6, 6.07) is 11.2. The minimum Gasteiger partial charge on any atom is -0.339 e. The van der Waals surface area contributed by atoms with E-state index < -0.39 is 0 Å². The van der Waals surface area contributed by atoms with Crippen molar-refractivity contribution in [1.29, 1.82) is 0 Å². The molecule has 0 aliphatic carbocycles. The van der Waals surface area contributed by atoms with Crippen LogP contribution in [0.5, 0.6) is 0 Å². The Bertz CT molecular complexity index is 814. The van der Waals surface area contributed by atoms with Crippen molar-refractivity contribution in [2.75, 3.05) is 10.6 Å². The molecule has 3 rings (SSSR count). The van der Waals surface area contributed by atoms with E-state index >= 15 is 0 Å². The van der Waals surface area contributed by atoms with Crippen LogP contribution in [0.1, 0.15) is 11.1 Å². The summed E-state index contributed by atoms with van der Waals surface area (Å²) >= 11 is 11.9. The predicted molar refractivity (Wildman–Crippen MR) is 98.8 cm³/mol. The molecule has 0 saturated heterocycles. The van der Waals surface area contributed by atoms with E-state index in [-0.39, 0.29) is 0 Å². The summed E-state index contributed by atoms with van der Waals surface area (Å²) in [4.78, 5) is 4.43. The predicted octanol–water partition coefficient (Wildman–Crippen LogP) is 5.28. The van der Waals surface area contributed by atoms with Crippen LogP contribution in [0.15, 0.2) is 42.6 Å². The van der Waals surface area contributed by atoms with Gasteiger partial charge in [-0.05, 0) is 61.4 Å². The van der Waals surface area contributed by atoms with Gasteiger partial charge in [-0.1, -0.05) is 23.2 Å². The maximum absolute atomic E-state index is 5.98. The molecule has 0 aliphatic heterocycles. The average molecular weight is 360 g/mol. The van der Waals surface area contributed by atoms with Gasteiger partial charge in [0, 0.05) is 21.4 Å². The third-order valence-electron chi connectivity index (χ3n) is 3.44. The minimum atomic E-state index is 0.400. The molecule has 0 saturated carbocycles. The summed E-state index contributed by atoms with van der Waals surface area (Å²) in [7, 11) is 0. The third kappa shape index (κ3) is 3.93. The topological polar surface area (TPSA) is 62.7 Å². The van der Waals surface area contributed by atoms with E-state index in [1.54, 1.807) is 6.20 Å². The molecule has 2 aromatic carbocycles. The molecule has 0 unspecified atom stereocenters. The van der Waals surface area contributed by atoms with Crippen LogP contribution in [0.4, 0.5) is 23.1 Å². The van der Waals surface area contributed by atoms with Gasteiger partial charge in [-0.25, -0.2) is 0 Å². The maximum Gasteiger partial charge on any atom is 0.249 e. The average Bonchev–Trinajstić information content (AvgIpc) is 2.53.